The lowest BCUT2D eigenvalue weighted by Gasteiger charge is -2.44. The van der Waals surface area contributed by atoms with Gasteiger partial charge in [-0.3, -0.25) is 4.79 Å². The van der Waals surface area contributed by atoms with Gasteiger partial charge in [-0.1, -0.05) is 20.8 Å². The normalized spacial score (nSPS) is 25.9. The molecule has 0 bridgehead atoms. The molecule has 1 saturated heterocycles. The molecule has 1 heterocycles. The summed E-state index contributed by atoms with van der Waals surface area (Å²) < 4.78 is 5.68. The molecule has 106 valence electrons. The third-order valence-electron chi connectivity index (χ3n) is 3.20. The number of rotatable bonds is 2. The Hall–Kier alpha value is -0.650. The minimum Gasteiger partial charge on any atom is -0.394 e. The lowest BCUT2D eigenvalue weighted by atomic mass is 9.86. The summed E-state index contributed by atoms with van der Waals surface area (Å²) in [6.07, 6.45) is -0.329. The molecule has 0 aliphatic carbocycles. The van der Waals surface area contributed by atoms with Gasteiger partial charge in [0.1, 0.15) is 0 Å². The molecule has 1 unspecified atom stereocenters. The van der Waals surface area contributed by atoms with Crippen LogP contribution in [0.2, 0.25) is 0 Å². The third kappa shape index (κ3) is 3.67. The molecule has 1 aliphatic heterocycles. The van der Waals surface area contributed by atoms with Gasteiger partial charge in [-0.15, -0.1) is 0 Å². The van der Waals surface area contributed by atoms with Crippen molar-refractivity contribution in [2.75, 3.05) is 19.7 Å². The average Bonchev–Trinajstić information content (AvgIpc) is 2.23. The van der Waals surface area contributed by atoms with Crippen LogP contribution >= 0.6 is 0 Å². The molecular weight excluding hydrogens is 232 g/mol. The number of hydrogen-bond donors (Lipinski definition) is 2. The van der Waals surface area contributed by atoms with Gasteiger partial charge in [-0.05, 0) is 19.3 Å². The summed E-state index contributed by atoms with van der Waals surface area (Å²) in [6, 6.07) is -0.536. The zero-order valence-electron chi connectivity index (χ0n) is 12.1. The van der Waals surface area contributed by atoms with E-state index in [0.29, 0.717) is 13.1 Å². The van der Waals surface area contributed by atoms with Crippen LogP contribution in [0.4, 0.5) is 0 Å². The second-order valence-corrected chi connectivity index (χ2v) is 6.74. The first-order valence-corrected chi connectivity index (χ1v) is 6.40. The Morgan fingerprint density at radius 1 is 1.56 bits per heavy atom. The van der Waals surface area contributed by atoms with Crippen LogP contribution in [0.1, 0.15) is 34.6 Å². The third-order valence-corrected chi connectivity index (χ3v) is 3.20. The second kappa shape index (κ2) is 5.15. The number of nitrogens with two attached hydrogens (primary N) is 1. The Morgan fingerprint density at radius 3 is 2.56 bits per heavy atom. The number of aliphatic hydroxyl groups is 1. The van der Waals surface area contributed by atoms with Gasteiger partial charge in [0.25, 0.3) is 0 Å². The Labute approximate surface area is 109 Å². The van der Waals surface area contributed by atoms with Crippen molar-refractivity contribution in [1.29, 1.82) is 0 Å². The SMILES string of the molecule is CC1(C)CN(C(=O)[C@@H](N)C(C)(C)C)CC(CO)O1. The summed E-state index contributed by atoms with van der Waals surface area (Å²) >= 11 is 0. The Balaban J connectivity index is 2.79. The van der Waals surface area contributed by atoms with Gasteiger partial charge in [0, 0.05) is 13.1 Å². The van der Waals surface area contributed by atoms with Gasteiger partial charge < -0.3 is 20.5 Å². The highest BCUT2D eigenvalue weighted by molar-refractivity contribution is 5.82. The lowest BCUT2D eigenvalue weighted by Crippen LogP contribution is -2.60. The van der Waals surface area contributed by atoms with Gasteiger partial charge in [0.2, 0.25) is 5.91 Å². The molecule has 1 rings (SSSR count). The van der Waals surface area contributed by atoms with Crippen molar-refractivity contribution in [1.82, 2.24) is 4.90 Å². The van der Waals surface area contributed by atoms with Crippen LogP contribution in [-0.4, -0.2) is 53.4 Å². The first-order valence-electron chi connectivity index (χ1n) is 6.40. The van der Waals surface area contributed by atoms with Crippen LogP contribution in [0, 0.1) is 5.41 Å². The quantitative estimate of drug-likeness (QED) is 0.750. The van der Waals surface area contributed by atoms with Crippen molar-refractivity contribution >= 4 is 5.91 Å². The number of carbonyl (C=O) groups is 1. The van der Waals surface area contributed by atoms with E-state index in [1.165, 1.54) is 0 Å². The number of morpholine rings is 1. The first-order chi connectivity index (χ1) is 8.07. The molecule has 0 aromatic carbocycles. The van der Waals surface area contributed by atoms with Crippen molar-refractivity contribution in [3.8, 4) is 0 Å². The summed E-state index contributed by atoms with van der Waals surface area (Å²) in [5.74, 6) is -0.0719. The largest absolute Gasteiger partial charge is 0.394 e. The zero-order chi connectivity index (χ0) is 14.1. The predicted octanol–water partition coefficient (Wildman–Crippen LogP) is 0.358. The van der Waals surface area contributed by atoms with Gasteiger partial charge in [-0.2, -0.15) is 0 Å². The number of carbonyl (C=O) groups excluding carboxylic acids is 1. The Bertz CT molecular complexity index is 310. The van der Waals surface area contributed by atoms with E-state index < -0.39 is 11.6 Å². The van der Waals surface area contributed by atoms with Crippen molar-refractivity contribution in [3.05, 3.63) is 0 Å². The number of nitrogens with zero attached hydrogens (tertiary/aromatic N) is 1. The maximum absolute atomic E-state index is 12.4. The number of aliphatic hydroxyl groups excluding tert-OH is 1. The zero-order valence-corrected chi connectivity index (χ0v) is 12.1. The molecule has 1 fully saturated rings. The molecule has 0 aromatic rings. The number of ether oxygens (including phenoxy) is 1. The molecule has 18 heavy (non-hydrogen) atoms. The fourth-order valence-corrected chi connectivity index (χ4v) is 2.13. The van der Waals surface area contributed by atoms with Crippen molar-refractivity contribution in [3.63, 3.8) is 0 Å². The van der Waals surface area contributed by atoms with Crippen LogP contribution in [-0.2, 0) is 9.53 Å². The van der Waals surface area contributed by atoms with Gasteiger partial charge in [0.05, 0.1) is 24.4 Å². The van der Waals surface area contributed by atoms with Crippen molar-refractivity contribution in [2.24, 2.45) is 11.1 Å². The molecule has 5 heteroatoms. The topological polar surface area (TPSA) is 75.8 Å². The van der Waals surface area contributed by atoms with E-state index in [4.69, 9.17) is 10.5 Å². The fourth-order valence-electron chi connectivity index (χ4n) is 2.13. The van der Waals surface area contributed by atoms with E-state index in [9.17, 15) is 9.90 Å². The summed E-state index contributed by atoms with van der Waals surface area (Å²) in [5.41, 5.74) is 5.29. The van der Waals surface area contributed by atoms with Gasteiger partial charge in [-0.25, -0.2) is 0 Å². The maximum Gasteiger partial charge on any atom is 0.240 e. The second-order valence-electron chi connectivity index (χ2n) is 6.74. The smallest absolute Gasteiger partial charge is 0.240 e. The van der Waals surface area contributed by atoms with Crippen molar-refractivity contribution in [2.45, 2.75) is 52.4 Å². The summed E-state index contributed by atoms with van der Waals surface area (Å²) in [7, 11) is 0. The molecule has 0 aromatic heterocycles. The van der Waals surface area contributed by atoms with Gasteiger partial charge >= 0.3 is 0 Å². The Morgan fingerprint density at radius 2 is 2.11 bits per heavy atom. The molecule has 5 nitrogen and oxygen atoms in total. The van der Waals surface area contributed by atoms with Crippen molar-refractivity contribution < 1.29 is 14.6 Å². The fraction of sp³-hybridized carbons (Fsp3) is 0.923. The van der Waals surface area contributed by atoms with E-state index in [-0.39, 0.29) is 24.0 Å². The number of hydrogen-bond acceptors (Lipinski definition) is 4. The Kier molecular flexibility index (Phi) is 4.41. The number of amides is 1. The van der Waals surface area contributed by atoms with Crippen LogP contribution in [0.25, 0.3) is 0 Å². The summed E-state index contributed by atoms with van der Waals surface area (Å²) in [4.78, 5) is 14.1. The van der Waals surface area contributed by atoms with E-state index in [2.05, 4.69) is 0 Å². The minimum absolute atomic E-state index is 0.0719. The van der Waals surface area contributed by atoms with E-state index in [0.717, 1.165) is 0 Å². The van der Waals surface area contributed by atoms with Crippen LogP contribution < -0.4 is 5.73 Å². The van der Waals surface area contributed by atoms with Crippen LogP contribution in [0.3, 0.4) is 0 Å². The molecule has 3 N–H and O–H groups in total. The highest BCUT2D eigenvalue weighted by atomic mass is 16.5. The summed E-state index contributed by atoms with van der Waals surface area (Å²) in [5, 5.41) is 9.23. The maximum atomic E-state index is 12.4. The lowest BCUT2D eigenvalue weighted by molar-refractivity contribution is -0.169. The highest BCUT2D eigenvalue weighted by Gasteiger charge is 2.39. The predicted molar refractivity (Wildman–Crippen MR) is 70.0 cm³/mol. The molecular formula is C13H26N2O3. The molecule has 0 saturated carbocycles. The van der Waals surface area contributed by atoms with E-state index in [1.54, 1.807) is 4.90 Å². The standard InChI is InChI=1S/C13H26N2O3/c1-12(2,3)10(14)11(17)15-6-9(7-16)18-13(4,5)8-15/h9-10,16H,6-8,14H2,1-5H3/t9?,10-/m1/s1. The molecule has 0 radical (unpaired) electrons. The minimum atomic E-state index is -0.536. The highest BCUT2D eigenvalue weighted by Crippen LogP contribution is 2.24. The summed E-state index contributed by atoms with van der Waals surface area (Å²) in [6.45, 7) is 10.5. The molecule has 1 aliphatic rings. The molecule has 2 atom stereocenters. The molecule has 1 amide bonds. The van der Waals surface area contributed by atoms with Gasteiger partial charge in [0.15, 0.2) is 0 Å². The van der Waals surface area contributed by atoms with Crippen LogP contribution in [0.5, 0.6) is 0 Å². The first kappa shape index (κ1) is 15.4. The van der Waals surface area contributed by atoms with E-state index in [1.807, 2.05) is 34.6 Å². The monoisotopic (exact) mass is 258 g/mol. The average molecular weight is 258 g/mol. The van der Waals surface area contributed by atoms with E-state index >= 15 is 0 Å². The van der Waals surface area contributed by atoms with Crippen LogP contribution in [0.15, 0.2) is 0 Å². The molecule has 0 spiro atoms.